The molecule has 1 unspecified atom stereocenters. The van der Waals surface area contributed by atoms with E-state index in [0.29, 0.717) is 0 Å². The normalized spacial score (nSPS) is 20.6. The third kappa shape index (κ3) is 3.80. The fourth-order valence-electron chi connectivity index (χ4n) is 2.58. The Hall–Kier alpha value is -0.900. The first kappa shape index (κ1) is 13.5. The summed E-state index contributed by atoms with van der Waals surface area (Å²) in [6.45, 7) is 7.84. The standard InChI is InChI=1S/C15H24N2O/c1-15(12-16,11-14-5-3-2-4-6-14)13-17-7-9-18-10-8-17/h2-6H,7-13,16H2,1H3. The van der Waals surface area contributed by atoms with Crippen LogP contribution < -0.4 is 5.73 Å². The van der Waals surface area contributed by atoms with Gasteiger partial charge in [0.1, 0.15) is 0 Å². The average molecular weight is 248 g/mol. The highest BCUT2D eigenvalue weighted by Crippen LogP contribution is 2.23. The predicted octanol–water partition coefficient (Wildman–Crippen LogP) is 1.53. The summed E-state index contributed by atoms with van der Waals surface area (Å²) in [6, 6.07) is 10.6. The van der Waals surface area contributed by atoms with Crippen molar-refractivity contribution in [2.75, 3.05) is 39.4 Å². The van der Waals surface area contributed by atoms with Crippen LogP contribution in [-0.2, 0) is 11.2 Å². The van der Waals surface area contributed by atoms with Gasteiger partial charge in [0, 0.05) is 19.6 Å². The van der Waals surface area contributed by atoms with E-state index in [1.807, 2.05) is 0 Å². The molecule has 0 aromatic heterocycles. The van der Waals surface area contributed by atoms with Gasteiger partial charge in [-0.15, -0.1) is 0 Å². The summed E-state index contributed by atoms with van der Waals surface area (Å²) in [5.41, 5.74) is 7.54. The molecule has 0 spiro atoms. The van der Waals surface area contributed by atoms with Gasteiger partial charge in [0.2, 0.25) is 0 Å². The second-order valence-electron chi connectivity index (χ2n) is 5.57. The molecule has 18 heavy (non-hydrogen) atoms. The first-order chi connectivity index (χ1) is 8.72. The second kappa shape index (κ2) is 6.32. The molecule has 3 heteroatoms. The molecule has 1 atom stereocenters. The maximum absolute atomic E-state index is 6.01. The second-order valence-corrected chi connectivity index (χ2v) is 5.57. The summed E-state index contributed by atoms with van der Waals surface area (Å²) in [6.07, 6.45) is 1.04. The number of hydrogen-bond donors (Lipinski definition) is 1. The van der Waals surface area contributed by atoms with Gasteiger partial charge in [-0.3, -0.25) is 4.90 Å². The Bertz CT molecular complexity index is 349. The van der Waals surface area contributed by atoms with Crippen molar-refractivity contribution in [2.24, 2.45) is 11.1 Å². The van der Waals surface area contributed by atoms with E-state index in [4.69, 9.17) is 10.5 Å². The third-order valence-corrected chi connectivity index (χ3v) is 3.68. The average Bonchev–Trinajstić information content (AvgIpc) is 2.41. The van der Waals surface area contributed by atoms with E-state index in [1.54, 1.807) is 0 Å². The Morgan fingerprint density at radius 2 is 1.89 bits per heavy atom. The molecule has 0 amide bonds. The van der Waals surface area contributed by atoms with Gasteiger partial charge < -0.3 is 10.5 Å². The lowest BCUT2D eigenvalue weighted by Crippen LogP contribution is -2.46. The molecular formula is C15H24N2O. The number of hydrogen-bond acceptors (Lipinski definition) is 3. The third-order valence-electron chi connectivity index (χ3n) is 3.68. The van der Waals surface area contributed by atoms with E-state index in [0.717, 1.165) is 45.8 Å². The number of nitrogens with two attached hydrogens (primary N) is 1. The topological polar surface area (TPSA) is 38.5 Å². The molecule has 1 fully saturated rings. The molecule has 100 valence electrons. The van der Waals surface area contributed by atoms with Gasteiger partial charge in [0.05, 0.1) is 13.2 Å². The molecular weight excluding hydrogens is 224 g/mol. The smallest absolute Gasteiger partial charge is 0.0594 e. The molecule has 1 aliphatic heterocycles. The molecule has 0 saturated carbocycles. The van der Waals surface area contributed by atoms with Crippen molar-refractivity contribution in [3.05, 3.63) is 35.9 Å². The van der Waals surface area contributed by atoms with Crippen LogP contribution >= 0.6 is 0 Å². The van der Waals surface area contributed by atoms with Crippen molar-refractivity contribution in [3.8, 4) is 0 Å². The Balaban J connectivity index is 1.96. The zero-order valence-corrected chi connectivity index (χ0v) is 11.3. The van der Waals surface area contributed by atoms with E-state index in [-0.39, 0.29) is 5.41 Å². The first-order valence-corrected chi connectivity index (χ1v) is 6.76. The molecule has 0 bridgehead atoms. The highest BCUT2D eigenvalue weighted by molar-refractivity contribution is 5.16. The molecule has 1 aliphatic rings. The number of morpholine rings is 1. The number of rotatable bonds is 5. The summed E-state index contributed by atoms with van der Waals surface area (Å²) in [4.78, 5) is 2.47. The van der Waals surface area contributed by atoms with E-state index >= 15 is 0 Å². The van der Waals surface area contributed by atoms with E-state index in [1.165, 1.54) is 5.56 Å². The lowest BCUT2D eigenvalue weighted by molar-refractivity contribution is 0.0198. The van der Waals surface area contributed by atoms with Gasteiger partial charge in [-0.2, -0.15) is 0 Å². The van der Waals surface area contributed by atoms with Gasteiger partial charge in [-0.05, 0) is 23.9 Å². The zero-order valence-electron chi connectivity index (χ0n) is 11.3. The molecule has 3 nitrogen and oxygen atoms in total. The van der Waals surface area contributed by atoms with E-state index in [2.05, 4.69) is 42.2 Å². The van der Waals surface area contributed by atoms with Crippen LogP contribution in [0.1, 0.15) is 12.5 Å². The van der Waals surface area contributed by atoms with Crippen LogP contribution in [0.3, 0.4) is 0 Å². The number of ether oxygens (including phenoxy) is 1. The van der Waals surface area contributed by atoms with Gasteiger partial charge in [-0.1, -0.05) is 37.3 Å². The lowest BCUT2D eigenvalue weighted by Gasteiger charge is -2.36. The maximum atomic E-state index is 6.01. The van der Waals surface area contributed by atoms with Crippen molar-refractivity contribution in [2.45, 2.75) is 13.3 Å². The highest BCUT2D eigenvalue weighted by Gasteiger charge is 2.26. The molecule has 0 radical (unpaired) electrons. The summed E-state index contributed by atoms with van der Waals surface area (Å²) in [5, 5.41) is 0. The van der Waals surface area contributed by atoms with Gasteiger partial charge in [0.15, 0.2) is 0 Å². The molecule has 1 heterocycles. The SMILES string of the molecule is CC(CN)(Cc1ccccc1)CN1CCOCC1. The van der Waals surface area contributed by atoms with Crippen molar-refractivity contribution in [3.63, 3.8) is 0 Å². The van der Waals surface area contributed by atoms with Crippen LogP contribution in [0.2, 0.25) is 0 Å². The quantitative estimate of drug-likeness (QED) is 0.859. The Kier molecular flexibility index (Phi) is 4.75. The summed E-state index contributed by atoms with van der Waals surface area (Å²) in [5.74, 6) is 0. The van der Waals surface area contributed by atoms with Crippen molar-refractivity contribution >= 4 is 0 Å². The van der Waals surface area contributed by atoms with Crippen LogP contribution in [0, 0.1) is 5.41 Å². The fraction of sp³-hybridized carbons (Fsp3) is 0.600. The Morgan fingerprint density at radius 1 is 1.22 bits per heavy atom. The van der Waals surface area contributed by atoms with Crippen LogP contribution in [0.15, 0.2) is 30.3 Å². The monoisotopic (exact) mass is 248 g/mol. The maximum Gasteiger partial charge on any atom is 0.0594 e. The fourth-order valence-corrected chi connectivity index (χ4v) is 2.58. The van der Waals surface area contributed by atoms with Gasteiger partial charge in [0.25, 0.3) is 0 Å². The molecule has 0 aliphatic carbocycles. The molecule has 1 aromatic rings. The van der Waals surface area contributed by atoms with Crippen molar-refractivity contribution in [1.29, 1.82) is 0 Å². The minimum atomic E-state index is 0.151. The van der Waals surface area contributed by atoms with Crippen molar-refractivity contribution < 1.29 is 4.74 Å². The summed E-state index contributed by atoms with van der Waals surface area (Å²) < 4.78 is 5.39. The predicted molar refractivity (Wildman–Crippen MR) is 74.6 cm³/mol. The molecule has 2 rings (SSSR count). The number of benzene rings is 1. The largest absolute Gasteiger partial charge is 0.379 e. The summed E-state index contributed by atoms with van der Waals surface area (Å²) >= 11 is 0. The number of nitrogens with zero attached hydrogens (tertiary/aromatic N) is 1. The highest BCUT2D eigenvalue weighted by atomic mass is 16.5. The van der Waals surface area contributed by atoms with Crippen LogP contribution in [0.4, 0.5) is 0 Å². The Morgan fingerprint density at radius 3 is 2.50 bits per heavy atom. The van der Waals surface area contributed by atoms with Crippen LogP contribution in [0.5, 0.6) is 0 Å². The van der Waals surface area contributed by atoms with Crippen LogP contribution in [-0.4, -0.2) is 44.3 Å². The molecule has 1 aromatic carbocycles. The molecule has 1 saturated heterocycles. The summed E-state index contributed by atoms with van der Waals surface area (Å²) in [7, 11) is 0. The molecule has 2 N–H and O–H groups in total. The lowest BCUT2D eigenvalue weighted by atomic mass is 9.83. The van der Waals surface area contributed by atoms with Gasteiger partial charge in [-0.25, -0.2) is 0 Å². The van der Waals surface area contributed by atoms with Gasteiger partial charge >= 0.3 is 0 Å². The van der Waals surface area contributed by atoms with E-state index < -0.39 is 0 Å². The van der Waals surface area contributed by atoms with Crippen molar-refractivity contribution in [1.82, 2.24) is 4.90 Å². The minimum absolute atomic E-state index is 0.151. The zero-order chi connectivity index (χ0) is 12.8. The first-order valence-electron chi connectivity index (χ1n) is 6.76. The van der Waals surface area contributed by atoms with E-state index in [9.17, 15) is 0 Å². The Labute approximate surface area is 110 Å². The minimum Gasteiger partial charge on any atom is -0.379 e. The van der Waals surface area contributed by atoms with Crippen LogP contribution in [0.25, 0.3) is 0 Å².